The van der Waals surface area contributed by atoms with Crippen molar-refractivity contribution >= 4 is 9.84 Å². The van der Waals surface area contributed by atoms with Crippen LogP contribution in [0.15, 0.2) is 24.3 Å². The number of aryl methyl sites for hydroxylation is 1. The minimum absolute atomic E-state index is 0.312. The molecular weight excluding hydrogens is 354 g/mol. The maximum Gasteiger partial charge on any atom is 0.150 e. The van der Waals surface area contributed by atoms with E-state index in [1.807, 2.05) is 17.7 Å². The number of fused-ring (bicyclic) bond motifs is 1. The Morgan fingerprint density at radius 3 is 2.77 bits per heavy atom. The molecule has 0 bridgehead atoms. The summed E-state index contributed by atoms with van der Waals surface area (Å²) in [6, 6.07) is 7.99. The molecule has 142 valence electrons. The lowest BCUT2D eigenvalue weighted by atomic mass is 10.1. The van der Waals surface area contributed by atoms with Gasteiger partial charge in [0.05, 0.1) is 30.8 Å². The van der Waals surface area contributed by atoms with Crippen molar-refractivity contribution in [2.75, 3.05) is 25.7 Å². The number of aliphatic hydroxyl groups is 1. The first-order valence-electron chi connectivity index (χ1n) is 8.53. The summed E-state index contributed by atoms with van der Waals surface area (Å²) in [7, 11) is -1.58. The van der Waals surface area contributed by atoms with Crippen LogP contribution in [0.4, 0.5) is 0 Å². The fraction of sp³-hybridized carbons (Fsp3) is 0.500. The standard InChI is InChI=1S/C18H25N3O4S/c1-13-4-5-14(18(8-13)25-2)10-20-6-7-21-15(11-20)9-16(19-21)17(22)12-26(3,23)24/h4-5,8-9,17,22H,6-7,10-12H2,1-3H3. The molecule has 1 N–H and O–H groups in total. The third-order valence-corrected chi connectivity index (χ3v) is 5.46. The quantitative estimate of drug-likeness (QED) is 0.814. The molecule has 3 rings (SSSR count). The lowest BCUT2D eigenvalue weighted by molar-refractivity contribution is 0.190. The summed E-state index contributed by atoms with van der Waals surface area (Å²) in [4.78, 5) is 2.29. The van der Waals surface area contributed by atoms with Crippen LogP contribution < -0.4 is 4.74 Å². The zero-order valence-electron chi connectivity index (χ0n) is 15.3. The summed E-state index contributed by atoms with van der Waals surface area (Å²) in [6.45, 7) is 5.02. The average molecular weight is 379 g/mol. The lowest BCUT2D eigenvalue weighted by Crippen LogP contribution is -2.33. The van der Waals surface area contributed by atoms with Crippen LogP contribution in [-0.2, 0) is 29.5 Å². The molecule has 2 aromatic rings. The number of methoxy groups -OCH3 is 1. The van der Waals surface area contributed by atoms with Crippen molar-refractivity contribution in [2.45, 2.75) is 32.7 Å². The van der Waals surface area contributed by atoms with Crippen molar-refractivity contribution < 1.29 is 18.3 Å². The van der Waals surface area contributed by atoms with Crippen molar-refractivity contribution in [1.82, 2.24) is 14.7 Å². The van der Waals surface area contributed by atoms with Crippen LogP contribution in [0.2, 0.25) is 0 Å². The highest BCUT2D eigenvalue weighted by Crippen LogP contribution is 2.25. The SMILES string of the molecule is COc1cc(C)ccc1CN1CCn2nc(C(O)CS(C)(=O)=O)cc2C1. The summed E-state index contributed by atoms with van der Waals surface area (Å²) < 4.78 is 30.1. The third-order valence-electron chi connectivity index (χ3n) is 4.53. The Bertz CT molecular complexity index is 892. The highest BCUT2D eigenvalue weighted by atomic mass is 32.2. The molecule has 1 atom stereocenters. The predicted octanol–water partition coefficient (Wildman–Crippen LogP) is 1.29. The molecule has 7 nitrogen and oxygen atoms in total. The van der Waals surface area contributed by atoms with Gasteiger partial charge in [0.1, 0.15) is 21.7 Å². The molecule has 0 spiro atoms. The highest BCUT2D eigenvalue weighted by molar-refractivity contribution is 7.90. The smallest absolute Gasteiger partial charge is 0.150 e. The van der Waals surface area contributed by atoms with Crippen molar-refractivity contribution in [3.05, 3.63) is 46.8 Å². The van der Waals surface area contributed by atoms with E-state index in [0.717, 1.165) is 41.9 Å². The van der Waals surface area contributed by atoms with Crippen LogP contribution in [0.25, 0.3) is 0 Å². The van der Waals surface area contributed by atoms with Crippen LogP contribution in [0.1, 0.15) is 28.6 Å². The van der Waals surface area contributed by atoms with Gasteiger partial charge in [-0.2, -0.15) is 5.10 Å². The Kier molecular flexibility index (Phi) is 5.36. The van der Waals surface area contributed by atoms with Crippen LogP contribution in [0, 0.1) is 6.92 Å². The Labute approximate surface area is 154 Å². The lowest BCUT2D eigenvalue weighted by Gasteiger charge is -2.28. The molecule has 0 fully saturated rings. The first-order valence-corrected chi connectivity index (χ1v) is 10.6. The maximum absolute atomic E-state index is 11.4. The topological polar surface area (TPSA) is 84.7 Å². The monoisotopic (exact) mass is 379 g/mol. The van der Waals surface area contributed by atoms with E-state index in [0.29, 0.717) is 18.8 Å². The first-order chi connectivity index (χ1) is 12.2. The molecule has 1 aliphatic heterocycles. The van der Waals surface area contributed by atoms with E-state index < -0.39 is 15.9 Å². The average Bonchev–Trinajstić information content (AvgIpc) is 2.98. The van der Waals surface area contributed by atoms with E-state index in [1.165, 1.54) is 0 Å². The summed E-state index contributed by atoms with van der Waals surface area (Å²) in [5.41, 5.74) is 3.68. The van der Waals surface area contributed by atoms with Gasteiger partial charge >= 0.3 is 0 Å². The fourth-order valence-corrected chi connectivity index (χ4v) is 3.98. The van der Waals surface area contributed by atoms with E-state index >= 15 is 0 Å². The Balaban J connectivity index is 1.72. The van der Waals surface area contributed by atoms with Crippen LogP contribution in [-0.4, -0.2) is 53.9 Å². The fourth-order valence-electron chi connectivity index (χ4n) is 3.24. The molecular formula is C18H25N3O4S. The van der Waals surface area contributed by atoms with Gasteiger partial charge in [0.2, 0.25) is 0 Å². The van der Waals surface area contributed by atoms with Gasteiger partial charge in [0, 0.05) is 31.5 Å². The molecule has 0 saturated heterocycles. The van der Waals surface area contributed by atoms with E-state index in [4.69, 9.17) is 4.74 Å². The Morgan fingerprint density at radius 2 is 2.08 bits per heavy atom. The molecule has 8 heteroatoms. The zero-order valence-corrected chi connectivity index (χ0v) is 16.2. The highest BCUT2D eigenvalue weighted by Gasteiger charge is 2.23. The van der Waals surface area contributed by atoms with Gasteiger partial charge in [-0.05, 0) is 24.6 Å². The minimum Gasteiger partial charge on any atom is -0.496 e. The molecule has 0 aliphatic carbocycles. The van der Waals surface area contributed by atoms with Crippen molar-refractivity contribution in [1.29, 1.82) is 0 Å². The zero-order chi connectivity index (χ0) is 18.9. The number of aromatic nitrogens is 2. The maximum atomic E-state index is 11.4. The van der Waals surface area contributed by atoms with Crippen molar-refractivity contribution in [3.63, 3.8) is 0 Å². The van der Waals surface area contributed by atoms with Gasteiger partial charge in [-0.15, -0.1) is 0 Å². The predicted molar refractivity (Wildman–Crippen MR) is 98.7 cm³/mol. The van der Waals surface area contributed by atoms with Gasteiger partial charge in [-0.25, -0.2) is 8.42 Å². The third kappa shape index (κ3) is 4.44. The normalized spacial score (nSPS) is 16.3. The number of aliphatic hydroxyl groups excluding tert-OH is 1. The number of hydrogen-bond donors (Lipinski definition) is 1. The number of rotatable bonds is 6. The largest absolute Gasteiger partial charge is 0.496 e. The van der Waals surface area contributed by atoms with E-state index in [2.05, 4.69) is 22.1 Å². The van der Waals surface area contributed by atoms with Gasteiger partial charge in [-0.3, -0.25) is 9.58 Å². The van der Waals surface area contributed by atoms with Gasteiger partial charge in [-0.1, -0.05) is 12.1 Å². The molecule has 0 radical (unpaired) electrons. The molecule has 1 aromatic heterocycles. The molecule has 0 saturated carbocycles. The summed E-state index contributed by atoms with van der Waals surface area (Å²) in [6.07, 6.45) is 0.0249. The van der Waals surface area contributed by atoms with Crippen LogP contribution >= 0.6 is 0 Å². The summed E-state index contributed by atoms with van der Waals surface area (Å²) in [5.74, 6) is 0.571. The van der Waals surface area contributed by atoms with E-state index in [9.17, 15) is 13.5 Å². The molecule has 1 unspecified atom stereocenters. The molecule has 2 heterocycles. The number of sulfone groups is 1. The number of benzene rings is 1. The Hall–Kier alpha value is -1.90. The number of ether oxygens (including phenoxy) is 1. The van der Waals surface area contributed by atoms with E-state index in [1.54, 1.807) is 13.2 Å². The molecule has 26 heavy (non-hydrogen) atoms. The first kappa shape index (κ1) is 18.9. The molecule has 0 amide bonds. The number of nitrogens with zero attached hydrogens (tertiary/aromatic N) is 3. The van der Waals surface area contributed by atoms with E-state index in [-0.39, 0.29) is 5.75 Å². The van der Waals surface area contributed by atoms with Crippen molar-refractivity contribution in [3.8, 4) is 5.75 Å². The molecule has 1 aliphatic rings. The second kappa shape index (κ2) is 7.38. The van der Waals surface area contributed by atoms with Crippen LogP contribution in [0.3, 0.4) is 0 Å². The second-order valence-corrected chi connectivity index (χ2v) is 9.10. The van der Waals surface area contributed by atoms with Crippen LogP contribution in [0.5, 0.6) is 5.75 Å². The van der Waals surface area contributed by atoms with Gasteiger partial charge in [0.15, 0.2) is 0 Å². The Morgan fingerprint density at radius 1 is 1.31 bits per heavy atom. The summed E-state index contributed by atoms with van der Waals surface area (Å²) in [5, 5.41) is 14.5. The number of hydrogen-bond acceptors (Lipinski definition) is 6. The van der Waals surface area contributed by atoms with Gasteiger partial charge in [0.25, 0.3) is 0 Å². The minimum atomic E-state index is -3.26. The summed E-state index contributed by atoms with van der Waals surface area (Å²) >= 11 is 0. The molecule has 1 aromatic carbocycles. The van der Waals surface area contributed by atoms with Crippen molar-refractivity contribution in [2.24, 2.45) is 0 Å². The second-order valence-electron chi connectivity index (χ2n) is 6.92. The van der Waals surface area contributed by atoms with Gasteiger partial charge < -0.3 is 9.84 Å².